The molecule has 1 aromatic carbocycles. The van der Waals surface area contributed by atoms with Crippen LogP contribution in [-0.4, -0.2) is 31.4 Å². The number of aromatic amines is 1. The second-order valence-corrected chi connectivity index (χ2v) is 11.3. The molecule has 0 radical (unpaired) electrons. The number of hydrogen-bond donors (Lipinski definition) is 1. The fraction of sp³-hybridized carbons (Fsp3) is 0.435. The summed E-state index contributed by atoms with van der Waals surface area (Å²) < 4.78 is 72.8. The van der Waals surface area contributed by atoms with E-state index in [9.17, 15) is 26.8 Å². The van der Waals surface area contributed by atoms with Crippen molar-refractivity contribution in [3.63, 3.8) is 0 Å². The van der Waals surface area contributed by atoms with Gasteiger partial charge in [-0.2, -0.15) is 13.2 Å². The van der Waals surface area contributed by atoms with Crippen molar-refractivity contribution in [2.75, 3.05) is 6.61 Å². The Morgan fingerprint density at radius 1 is 1.18 bits per heavy atom. The molecule has 2 fully saturated rings. The zero-order valence-electron chi connectivity index (χ0n) is 17.9. The summed E-state index contributed by atoms with van der Waals surface area (Å²) >= 11 is 0. The van der Waals surface area contributed by atoms with Crippen LogP contribution in [0.1, 0.15) is 37.8 Å². The summed E-state index contributed by atoms with van der Waals surface area (Å²) in [4.78, 5) is 2.97. The van der Waals surface area contributed by atoms with Crippen LogP contribution in [0, 0.1) is 17.5 Å². The molecule has 0 atom stereocenters. The van der Waals surface area contributed by atoms with Crippen LogP contribution in [0.4, 0.5) is 13.2 Å². The third-order valence-corrected chi connectivity index (χ3v) is 9.17. The summed E-state index contributed by atoms with van der Waals surface area (Å²) in [6.07, 6.45) is -0.750. The van der Waals surface area contributed by atoms with Crippen molar-refractivity contribution in [2.45, 2.75) is 55.3 Å². The van der Waals surface area contributed by atoms with Crippen molar-refractivity contribution in [2.24, 2.45) is 5.41 Å². The van der Waals surface area contributed by atoms with Gasteiger partial charge in [-0.05, 0) is 62.9 Å². The van der Waals surface area contributed by atoms with Gasteiger partial charge in [-0.25, -0.2) is 18.1 Å². The average Bonchev–Trinajstić information content (AvgIpc) is 3.36. The standard InChI is InChI=1S/C23H23F3N2O4S/c1-14-11-18(17-7-10-27-21(17)28(14)29)19-12-16(33(30,31)15-3-2-4-15)5-6-20(19)32-13-22(8-9-22)23(24,25)26/h5-7,10-12,15,27H,2-4,8-9,13H2,1H3. The van der Waals surface area contributed by atoms with Gasteiger partial charge in [0, 0.05) is 11.1 Å². The van der Waals surface area contributed by atoms with Crippen molar-refractivity contribution in [3.05, 3.63) is 47.4 Å². The third kappa shape index (κ3) is 3.55. The topological polar surface area (TPSA) is 86.1 Å². The van der Waals surface area contributed by atoms with Gasteiger partial charge in [-0.3, -0.25) is 0 Å². The van der Waals surface area contributed by atoms with Crippen LogP contribution in [0.3, 0.4) is 0 Å². The van der Waals surface area contributed by atoms with Gasteiger partial charge in [0.25, 0.3) is 5.65 Å². The monoisotopic (exact) mass is 480 g/mol. The number of ether oxygens (including phenoxy) is 1. The second-order valence-electron chi connectivity index (χ2n) is 9.06. The van der Waals surface area contributed by atoms with E-state index in [1.807, 2.05) is 0 Å². The number of nitrogens with one attached hydrogen (secondary N) is 1. The molecule has 0 unspecified atom stereocenters. The molecule has 33 heavy (non-hydrogen) atoms. The molecule has 3 aromatic rings. The van der Waals surface area contributed by atoms with Crippen molar-refractivity contribution in [3.8, 4) is 16.9 Å². The van der Waals surface area contributed by atoms with E-state index >= 15 is 0 Å². The van der Waals surface area contributed by atoms with E-state index in [0.29, 0.717) is 35.0 Å². The molecule has 1 N–H and O–H groups in total. The highest BCUT2D eigenvalue weighted by molar-refractivity contribution is 7.92. The first-order valence-electron chi connectivity index (χ1n) is 10.8. The zero-order chi connectivity index (χ0) is 23.6. The maximum Gasteiger partial charge on any atom is 0.397 e. The fourth-order valence-electron chi connectivity index (χ4n) is 4.26. The van der Waals surface area contributed by atoms with Crippen molar-refractivity contribution in [1.82, 2.24) is 4.98 Å². The predicted octanol–water partition coefficient (Wildman–Crippen LogP) is 4.82. The smallest absolute Gasteiger partial charge is 0.397 e. The number of benzene rings is 1. The summed E-state index contributed by atoms with van der Waals surface area (Å²) in [6.45, 7) is 1.07. The van der Waals surface area contributed by atoms with E-state index in [2.05, 4.69) is 4.98 Å². The summed E-state index contributed by atoms with van der Waals surface area (Å²) in [5, 5.41) is 12.5. The predicted molar refractivity (Wildman–Crippen MR) is 115 cm³/mol. The van der Waals surface area contributed by atoms with Gasteiger partial charge in [-0.15, -0.1) is 0 Å². The average molecular weight is 481 g/mol. The Labute approximate surface area is 188 Å². The number of sulfone groups is 1. The van der Waals surface area contributed by atoms with Gasteiger partial charge in [0.2, 0.25) is 0 Å². The normalized spacial score (nSPS) is 18.3. The van der Waals surface area contributed by atoms with E-state index in [1.54, 1.807) is 25.3 Å². The number of pyridine rings is 1. The fourth-order valence-corrected chi connectivity index (χ4v) is 6.14. The number of alkyl halides is 3. The molecule has 2 aliphatic rings. The Bertz CT molecular complexity index is 1340. The van der Waals surface area contributed by atoms with Gasteiger partial charge in [0.1, 0.15) is 23.5 Å². The van der Waals surface area contributed by atoms with E-state index < -0.39 is 33.3 Å². The lowest BCUT2D eigenvalue weighted by Crippen LogP contribution is -2.31. The molecule has 0 saturated heterocycles. The Kier molecular flexibility index (Phi) is 4.93. The summed E-state index contributed by atoms with van der Waals surface area (Å²) in [5.41, 5.74) is -0.367. The maximum atomic E-state index is 13.4. The number of fused-ring (bicyclic) bond motifs is 1. The highest BCUT2D eigenvalue weighted by atomic mass is 32.2. The lowest BCUT2D eigenvalue weighted by molar-refractivity contribution is -0.586. The van der Waals surface area contributed by atoms with Gasteiger partial charge in [0.05, 0.1) is 21.7 Å². The number of rotatable bonds is 6. The second kappa shape index (κ2) is 7.38. The zero-order valence-corrected chi connectivity index (χ0v) is 18.7. The van der Waals surface area contributed by atoms with Crippen LogP contribution < -0.4 is 9.47 Å². The van der Waals surface area contributed by atoms with E-state index in [4.69, 9.17) is 4.74 Å². The molecule has 2 heterocycles. The van der Waals surface area contributed by atoms with E-state index in [0.717, 1.165) is 11.2 Å². The number of H-pyrrole nitrogens is 1. The first-order valence-corrected chi connectivity index (χ1v) is 12.4. The molecule has 0 aliphatic heterocycles. The molecule has 2 saturated carbocycles. The highest BCUT2D eigenvalue weighted by Gasteiger charge is 2.64. The minimum absolute atomic E-state index is 0.00264. The molecule has 0 bridgehead atoms. The third-order valence-electron chi connectivity index (χ3n) is 6.91. The molecular formula is C23H23F3N2O4S. The Morgan fingerprint density at radius 3 is 2.52 bits per heavy atom. The van der Waals surface area contributed by atoms with Crippen LogP contribution >= 0.6 is 0 Å². The number of nitrogens with zero attached hydrogens (tertiary/aromatic N) is 1. The molecule has 0 spiro atoms. The first-order chi connectivity index (χ1) is 15.5. The van der Waals surface area contributed by atoms with Crippen molar-refractivity contribution < 1.29 is 31.1 Å². The molecule has 176 valence electrons. The number of aromatic nitrogens is 2. The van der Waals surface area contributed by atoms with Crippen LogP contribution in [0.5, 0.6) is 5.75 Å². The van der Waals surface area contributed by atoms with E-state index in [-0.39, 0.29) is 29.1 Å². The maximum absolute atomic E-state index is 13.4. The quantitative estimate of drug-likeness (QED) is 0.405. The van der Waals surface area contributed by atoms with Gasteiger partial charge < -0.3 is 9.94 Å². The number of halogens is 3. The number of hydrogen-bond acceptors (Lipinski definition) is 4. The molecule has 0 amide bonds. The van der Waals surface area contributed by atoms with Crippen molar-refractivity contribution in [1.29, 1.82) is 0 Å². The summed E-state index contributed by atoms with van der Waals surface area (Å²) in [5.74, 6) is 0.156. The molecule has 5 rings (SSSR count). The van der Waals surface area contributed by atoms with Crippen LogP contribution in [0.15, 0.2) is 41.4 Å². The van der Waals surface area contributed by atoms with E-state index in [1.165, 1.54) is 18.2 Å². The largest absolute Gasteiger partial charge is 0.710 e. The molecule has 2 aliphatic carbocycles. The minimum atomic E-state index is -4.37. The Balaban J connectivity index is 1.63. The molecule has 10 heteroatoms. The lowest BCUT2D eigenvalue weighted by Gasteiger charge is -2.26. The van der Waals surface area contributed by atoms with Crippen molar-refractivity contribution >= 4 is 20.9 Å². The van der Waals surface area contributed by atoms with Crippen LogP contribution in [0.2, 0.25) is 0 Å². The molecular weight excluding hydrogens is 457 g/mol. The Morgan fingerprint density at radius 2 is 1.91 bits per heavy atom. The SMILES string of the molecule is Cc1cc(-c2cc(S(=O)(=O)C3CCC3)ccc2OCC2(C(F)(F)F)CC2)c2cc[nH]c2[n+]1[O-]. The minimum Gasteiger partial charge on any atom is -0.710 e. The molecule has 6 nitrogen and oxygen atoms in total. The Hall–Kier alpha value is -2.75. The van der Waals surface area contributed by atoms with Crippen LogP contribution in [0.25, 0.3) is 22.2 Å². The highest BCUT2D eigenvalue weighted by Crippen LogP contribution is 2.57. The summed E-state index contributed by atoms with van der Waals surface area (Å²) in [6, 6.07) is 7.57. The van der Waals surface area contributed by atoms with Gasteiger partial charge in [0.15, 0.2) is 9.84 Å². The van der Waals surface area contributed by atoms with Gasteiger partial charge in [-0.1, -0.05) is 6.42 Å². The lowest BCUT2D eigenvalue weighted by atomic mass is 10.00. The summed E-state index contributed by atoms with van der Waals surface area (Å²) in [7, 11) is -3.57. The molecule has 2 aromatic heterocycles. The van der Waals surface area contributed by atoms with Gasteiger partial charge >= 0.3 is 6.18 Å². The first kappa shape index (κ1) is 22.1. The number of aryl methyl sites for hydroxylation is 1. The van der Waals surface area contributed by atoms with Crippen LogP contribution in [-0.2, 0) is 9.84 Å².